The van der Waals surface area contributed by atoms with Crippen LogP contribution in [0.3, 0.4) is 0 Å². The number of aromatic nitrogens is 1. The number of esters is 1. The lowest BCUT2D eigenvalue weighted by molar-refractivity contribution is -0.152. The number of benzene rings is 1. The maximum atomic E-state index is 12.0. The van der Waals surface area contributed by atoms with Crippen molar-refractivity contribution in [1.29, 1.82) is 0 Å². The van der Waals surface area contributed by atoms with Crippen molar-refractivity contribution in [3.8, 4) is 0 Å². The van der Waals surface area contributed by atoms with Gasteiger partial charge in [0.15, 0.2) is 0 Å². The van der Waals surface area contributed by atoms with Crippen LogP contribution in [-0.2, 0) is 20.7 Å². The van der Waals surface area contributed by atoms with Crippen LogP contribution in [-0.4, -0.2) is 23.5 Å². The van der Waals surface area contributed by atoms with Gasteiger partial charge < -0.3 is 15.0 Å². The highest BCUT2D eigenvalue weighted by Gasteiger charge is 2.15. The zero-order chi connectivity index (χ0) is 16.3. The van der Waals surface area contributed by atoms with Crippen molar-refractivity contribution in [3.05, 3.63) is 39.7 Å². The number of H-pyrrole nitrogens is 1. The molecule has 0 spiro atoms. The van der Waals surface area contributed by atoms with Crippen molar-refractivity contribution in [2.75, 3.05) is 11.9 Å². The Balaban J connectivity index is 2.37. The van der Waals surface area contributed by atoms with Crippen molar-refractivity contribution in [2.24, 2.45) is 0 Å². The minimum absolute atomic E-state index is 0.135. The lowest BCUT2D eigenvalue weighted by Gasteiger charge is -2.09. The van der Waals surface area contributed by atoms with Crippen LogP contribution in [0.15, 0.2) is 23.0 Å². The maximum absolute atomic E-state index is 12.0. The Hall–Kier alpha value is -2.63. The summed E-state index contributed by atoms with van der Waals surface area (Å²) in [5.74, 6) is -1.78. The number of pyridine rings is 1. The number of anilines is 1. The quantitative estimate of drug-likeness (QED) is 0.669. The molecule has 0 aliphatic carbocycles. The summed E-state index contributed by atoms with van der Waals surface area (Å²) in [4.78, 5) is 37.7. The van der Waals surface area contributed by atoms with Crippen molar-refractivity contribution in [1.82, 2.24) is 4.98 Å². The third kappa shape index (κ3) is 3.00. The number of hydrogen-bond donors (Lipinski definition) is 2. The van der Waals surface area contributed by atoms with E-state index < -0.39 is 11.9 Å². The van der Waals surface area contributed by atoms with E-state index in [9.17, 15) is 14.4 Å². The standard InChI is InChI=1S/C16H18N2O4/c1-4-11-9(3)12-7-6-10(8-13(12)18-14(11)19)17-15(20)16(21)22-5-2/h6-8H,4-5H2,1-3H3,(H,17,20)(H,18,19). The van der Waals surface area contributed by atoms with Gasteiger partial charge in [0, 0.05) is 16.6 Å². The van der Waals surface area contributed by atoms with Gasteiger partial charge in [-0.2, -0.15) is 0 Å². The average Bonchev–Trinajstić information content (AvgIpc) is 2.47. The molecule has 1 amide bonds. The van der Waals surface area contributed by atoms with Crippen LogP contribution < -0.4 is 10.9 Å². The lowest BCUT2D eigenvalue weighted by atomic mass is 10.0. The van der Waals surface area contributed by atoms with E-state index in [1.165, 1.54) is 0 Å². The molecule has 1 aromatic heterocycles. The van der Waals surface area contributed by atoms with Gasteiger partial charge >= 0.3 is 11.9 Å². The number of carbonyl (C=O) groups is 2. The van der Waals surface area contributed by atoms with E-state index in [0.717, 1.165) is 16.5 Å². The second-order valence-electron chi connectivity index (χ2n) is 4.85. The first-order valence-electron chi connectivity index (χ1n) is 7.11. The Morgan fingerprint density at radius 2 is 2.00 bits per heavy atom. The average molecular weight is 302 g/mol. The smallest absolute Gasteiger partial charge is 0.397 e. The molecule has 2 aromatic rings. The number of aromatic amines is 1. The zero-order valence-electron chi connectivity index (χ0n) is 12.8. The molecule has 0 radical (unpaired) electrons. The fourth-order valence-electron chi connectivity index (χ4n) is 2.39. The zero-order valence-corrected chi connectivity index (χ0v) is 12.8. The van der Waals surface area contributed by atoms with E-state index in [1.807, 2.05) is 13.8 Å². The topological polar surface area (TPSA) is 88.3 Å². The first kappa shape index (κ1) is 15.8. The Morgan fingerprint density at radius 3 is 2.64 bits per heavy atom. The first-order chi connectivity index (χ1) is 10.5. The van der Waals surface area contributed by atoms with Gasteiger partial charge in [-0.25, -0.2) is 4.79 Å². The van der Waals surface area contributed by atoms with Gasteiger partial charge in [-0.1, -0.05) is 13.0 Å². The summed E-state index contributed by atoms with van der Waals surface area (Å²) in [6.07, 6.45) is 0.651. The largest absolute Gasteiger partial charge is 0.459 e. The van der Waals surface area contributed by atoms with E-state index >= 15 is 0 Å². The second-order valence-corrected chi connectivity index (χ2v) is 4.85. The molecule has 0 saturated heterocycles. The third-order valence-electron chi connectivity index (χ3n) is 3.47. The maximum Gasteiger partial charge on any atom is 0.397 e. The SMILES string of the molecule is CCOC(=O)C(=O)Nc1ccc2c(C)c(CC)c(=O)[nH]c2c1. The molecular formula is C16H18N2O4. The highest BCUT2D eigenvalue weighted by atomic mass is 16.5. The molecule has 1 aromatic carbocycles. The molecule has 0 bridgehead atoms. The van der Waals surface area contributed by atoms with Crippen molar-refractivity contribution < 1.29 is 14.3 Å². The van der Waals surface area contributed by atoms with E-state index in [2.05, 4.69) is 15.0 Å². The van der Waals surface area contributed by atoms with E-state index in [4.69, 9.17) is 0 Å². The number of ether oxygens (including phenoxy) is 1. The van der Waals surface area contributed by atoms with Crippen LogP contribution in [0.25, 0.3) is 10.9 Å². The highest BCUT2D eigenvalue weighted by molar-refractivity contribution is 6.37. The number of rotatable bonds is 3. The lowest BCUT2D eigenvalue weighted by Crippen LogP contribution is -2.25. The first-order valence-corrected chi connectivity index (χ1v) is 7.11. The third-order valence-corrected chi connectivity index (χ3v) is 3.47. The van der Waals surface area contributed by atoms with Crippen LogP contribution in [0.4, 0.5) is 5.69 Å². The summed E-state index contributed by atoms with van der Waals surface area (Å²) in [7, 11) is 0. The monoisotopic (exact) mass is 302 g/mol. The van der Waals surface area contributed by atoms with Crippen molar-refractivity contribution in [2.45, 2.75) is 27.2 Å². The summed E-state index contributed by atoms with van der Waals surface area (Å²) in [6, 6.07) is 5.12. The molecule has 6 nitrogen and oxygen atoms in total. The van der Waals surface area contributed by atoms with Gasteiger partial charge in [0.05, 0.1) is 12.1 Å². The molecule has 0 unspecified atom stereocenters. The van der Waals surface area contributed by atoms with E-state index in [-0.39, 0.29) is 12.2 Å². The van der Waals surface area contributed by atoms with Gasteiger partial charge in [-0.05, 0) is 38.0 Å². The predicted octanol–water partition coefficient (Wildman–Crippen LogP) is 1.90. The number of carbonyl (C=O) groups excluding carboxylic acids is 2. The van der Waals surface area contributed by atoms with Gasteiger partial charge in [-0.3, -0.25) is 9.59 Å². The van der Waals surface area contributed by atoms with Crippen LogP contribution >= 0.6 is 0 Å². The molecule has 0 aliphatic heterocycles. The summed E-state index contributed by atoms with van der Waals surface area (Å²) in [5.41, 5.74) is 2.56. The van der Waals surface area contributed by atoms with Crippen LogP contribution in [0, 0.1) is 6.92 Å². The van der Waals surface area contributed by atoms with Crippen molar-refractivity contribution in [3.63, 3.8) is 0 Å². The number of aryl methyl sites for hydroxylation is 1. The Morgan fingerprint density at radius 1 is 1.27 bits per heavy atom. The van der Waals surface area contributed by atoms with Gasteiger partial charge in [0.25, 0.3) is 5.56 Å². The minimum atomic E-state index is -0.936. The predicted molar refractivity (Wildman–Crippen MR) is 83.9 cm³/mol. The molecule has 0 aliphatic rings. The minimum Gasteiger partial charge on any atom is -0.459 e. The number of fused-ring (bicyclic) bond motifs is 1. The summed E-state index contributed by atoms with van der Waals surface area (Å²) in [6.45, 7) is 5.58. The van der Waals surface area contributed by atoms with Gasteiger partial charge in [0.2, 0.25) is 0 Å². The molecule has 1 heterocycles. The van der Waals surface area contributed by atoms with Crippen LogP contribution in [0.1, 0.15) is 25.0 Å². The summed E-state index contributed by atoms with van der Waals surface area (Å²) < 4.78 is 4.62. The Bertz CT molecular complexity index is 793. The molecule has 0 saturated carbocycles. The van der Waals surface area contributed by atoms with E-state index in [0.29, 0.717) is 17.6 Å². The Labute approximate surface area is 127 Å². The second kappa shape index (κ2) is 6.43. The molecule has 2 N–H and O–H groups in total. The number of hydrogen-bond acceptors (Lipinski definition) is 4. The number of amides is 1. The molecule has 6 heteroatoms. The van der Waals surface area contributed by atoms with E-state index in [1.54, 1.807) is 25.1 Å². The molecule has 22 heavy (non-hydrogen) atoms. The molecule has 116 valence electrons. The van der Waals surface area contributed by atoms with Gasteiger partial charge in [0.1, 0.15) is 0 Å². The van der Waals surface area contributed by atoms with Gasteiger partial charge in [-0.15, -0.1) is 0 Å². The molecule has 0 atom stereocenters. The molecule has 2 rings (SSSR count). The van der Waals surface area contributed by atoms with Crippen molar-refractivity contribution >= 4 is 28.5 Å². The van der Waals surface area contributed by atoms with Crippen LogP contribution in [0.2, 0.25) is 0 Å². The fourth-order valence-corrected chi connectivity index (χ4v) is 2.39. The summed E-state index contributed by atoms with van der Waals surface area (Å²) in [5, 5.41) is 3.36. The number of nitrogens with one attached hydrogen (secondary N) is 2. The van der Waals surface area contributed by atoms with Crippen LogP contribution in [0.5, 0.6) is 0 Å². The molecular weight excluding hydrogens is 284 g/mol. The molecule has 0 fully saturated rings. The Kier molecular flexibility index (Phi) is 4.60. The fraction of sp³-hybridized carbons (Fsp3) is 0.312. The highest BCUT2D eigenvalue weighted by Crippen LogP contribution is 2.21. The normalized spacial score (nSPS) is 10.5. The summed E-state index contributed by atoms with van der Waals surface area (Å²) >= 11 is 0.